The summed E-state index contributed by atoms with van der Waals surface area (Å²) in [5, 5.41) is 0. The summed E-state index contributed by atoms with van der Waals surface area (Å²) in [7, 11) is 2.25. The highest BCUT2D eigenvalue weighted by Gasteiger charge is 2.38. The number of benzene rings is 1. The van der Waals surface area contributed by atoms with Gasteiger partial charge in [-0.05, 0) is 42.5 Å². The van der Waals surface area contributed by atoms with Crippen LogP contribution in [0, 0.1) is 11.8 Å². The van der Waals surface area contributed by atoms with Crippen molar-refractivity contribution in [2.75, 3.05) is 38.1 Å². The summed E-state index contributed by atoms with van der Waals surface area (Å²) in [6.07, 6.45) is 0. The van der Waals surface area contributed by atoms with Gasteiger partial charge in [-0.15, -0.1) is 0 Å². The molecule has 2 heteroatoms. The molecule has 18 heavy (non-hydrogen) atoms. The molecule has 1 aromatic carbocycles. The molecule has 0 aliphatic carbocycles. The van der Waals surface area contributed by atoms with Crippen LogP contribution in [0.15, 0.2) is 24.3 Å². The predicted octanol–water partition coefficient (Wildman–Crippen LogP) is 2.81. The van der Waals surface area contributed by atoms with Gasteiger partial charge in [-0.1, -0.05) is 26.0 Å². The number of rotatable bonds is 2. The molecule has 0 aromatic heterocycles. The van der Waals surface area contributed by atoms with Crippen LogP contribution in [0.5, 0.6) is 0 Å². The molecule has 2 fully saturated rings. The molecule has 1 aromatic rings. The van der Waals surface area contributed by atoms with Crippen LogP contribution in [0.25, 0.3) is 0 Å². The zero-order valence-corrected chi connectivity index (χ0v) is 11.8. The van der Waals surface area contributed by atoms with Gasteiger partial charge in [-0.3, -0.25) is 0 Å². The van der Waals surface area contributed by atoms with Gasteiger partial charge in [0.1, 0.15) is 0 Å². The van der Waals surface area contributed by atoms with E-state index in [1.807, 2.05) is 0 Å². The van der Waals surface area contributed by atoms with Crippen molar-refractivity contribution in [3.05, 3.63) is 29.8 Å². The molecule has 0 spiro atoms. The molecule has 0 amide bonds. The molecule has 0 N–H and O–H groups in total. The highest BCUT2D eigenvalue weighted by Crippen LogP contribution is 2.33. The summed E-state index contributed by atoms with van der Waals surface area (Å²) >= 11 is 0. The second-order valence-corrected chi connectivity index (χ2v) is 6.39. The molecule has 2 atom stereocenters. The maximum Gasteiger partial charge on any atom is 0.0366 e. The van der Waals surface area contributed by atoms with Gasteiger partial charge < -0.3 is 9.80 Å². The summed E-state index contributed by atoms with van der Waals surface area (Å²) < 4.78 is 0. The predicted molar refractivity (Wildman–Crippen MR) is 77.2 cm³/mol. The van der Waals surface area contributed by atoms with Crippen molar-refractivity contribution in [3.8, 4) is 0 Å². The highest BCUT2D eigenvalue weighted by atomic mass is 15.2. The lowest BCUT2D eigenvalue weighted by atomic mass is 10.0. The van der Waals surface area contributed by atoms with Gasteiger partial charge >= 0.3 is 0 Å². The van der Waals surface area contributed by atoms with Gasteiger partial charge in [-0.25, -0.2) is 0 Å². The molecule has 2 aliphatic heterocycles. The fourth-order valence-electron chi connectivity index (χ4n) is 3.51. The molecular weight excluding hydrogens is 220 g/mol. The zero-order chi connectivity index (χ0) is 12.7. The van der Waals surface area contributed by atoms with Crippen LogP contribution in [0.4, 0.5) is 5.69 Å². The molecule has 0 saturated carbocycles. The van der Waals surface area contributed by atoms with E-state index in [4.69, 9.17) is 0 Å². The topological polar surface area (TPSA) is 6.48 Å². The Hall–Kier alpha value is -1.02. The van der Waals surface area contributed by atoms with Gasteiger partial charge in [0.05, 0.1) is 0 Å². The standard InChI is InChI=1S/C16H24N2/c1-12(2)13-4-6-16(7-5-13)18-10-14-8-17(3)9-15(14)11-18/h4-7,12,14-15H,8-11H2,1-3H3. The quantitative estimate of drug-likeness (QED) is 0.789. The summed E-state index contributed by atoms with van der Waals surface area (Å²) in [6, 6.07) is 9.20. The van der Waals surface area contributed by atoms with Crippen molar-refractivity contribution in [1.29, 1.82) is 0 Å². The monoisotopic (exact) mass is 244 g/mol. The summed E-state index contributed by atoms with van der Waals surface area (Å²) in [5.41, 5.74) is 2.86. The first-order valence-corrected chi connectivity index (χ1v) is 7.17. The lowest BCUT2D eigenvalue weighted by molar-refractivity contribution is 0.387. The van der Waals surface area contributed by atoms with Crippen LogP contribution in [0.2, 0.25) is 0 Å². The SMILES string of the molecule is CC(C)c1ccc(N2CC3CN(C)CC3C2)cc1. The van der Waals surface area contributed by atoms with Crippen molar-refractivity contribution in [1.82, 2.24) is 4.90 Å². The Bertz CT molecular complexity index is 396. The molecule has 2 aliphatic rings. The Kier molecular flexibility index (Phi) is 3.06. The molecule has 2 nitrogen and oxygen atoms in total. The first-order valence-electron chi connectivity index (χ1n) is 7.17. The van der Waals surface area contributed by atoms with Crippen LogP contribution in [0.3, 0.4) is 0 Å². The Morgan fingerprint density at radius 2 is 1.50 bits per heavy atom. The summed E-state index contributed by atoms with van der Waals surface area (Å²) in [4.78, 5) is 5.06. The van der Waals surface area contributed by atoms with E-state index in [2.05, 4.69) is 55.0 Å². The second-order valence-electron chi connectivity index (χ2n) is 6.39. The van der Waals surface area contributed by atoms with Gasteiger partial charge in [0.15, 0.2) is 0 Å². The third-order valence-corrected chi connectivity index (χ3v) is 4.59. The van der Waals surface area contributed by atoms with Crippen molar-refractivity contribution < 1.29 is 0 Å². The van der Waals surface area contributed by atoms with Crippen molar-refractivity contribution in [3.63, 3.8) is 0 Å². The maximum atomic E-state index is 2.58. The van der Waals surface area contributed by atoms with Crippen LogP contribution < -0.4 is 4.90 Å². The average molecular weight is 244 g/mol. The minimum absolute atomic E-state index is 0.630. The average Bonchev–Trinajstić information content (AvgIpc) is 2.86. The Labute approximate surface area is 111 Å². The number of hydrogen-bond acceptors (Lipinski definition) is 2. The van der Waals surface area contributed by atoms with E-state index >= 15 is 0 Å². The first-order chi connectivity index (χ1) is 8.63. The molecule has 2 saturated heterocycles. The molecule has 98 valence electrons. The summed E-state index contributed by atoms with van der Waals surface area (Å²) in [6.45, 7) is 9.57. The van der Waals surface area contributed by atoms with Crippen LogP contribution in [-0.2, 0) is 0 Å². The molecule has 2 heterocycles. The van der Waals surface area contributed by atoms with Crippen LogP contribution >= 0.6 is 0 Å². The first kappa shape index (κ1) is 12.0. The summed E-state index contributed by atoms with van der Waals surface area (Å²) in [5.74, 6) is 2.41. The smallest absolute Gasteiger partial charge is 0.0366 e. The number of hydrogen-bond donors (Lipinski definition) is 0. The fourth-order valence-corrected chi connectivity index (χ4v) is 3.51. The molecular formula is C16H24N2. The third-order valence-electron chi connectivity index (χ3n) is 4.59. The van der Waals surface area contributed by atoms with Crippen molar-refractivity contribution in [2.24, 2.45) is 11.8 Å². The molecule has 0 radical (unpaired) electrons. The number of fused-ring (bicyclic) bond motifs is 1. The zero-order valence-electron chi connectivity index (χ0n) is 11.8. The van der Waals surface area contributed by atoms with Crippen molar-refractivity contribution >= 4 is 5.69 Å². The van der Waals surface area contributed by atoms with Crippen LogP contribution in [0.1, 0.15) is 25.3 Å². The maximum absolute atomic E-state index is 2.58. The van der Waals surface area contributed by atoms with E-state index in [0.29, 0.717) is 5.92 Å². The Balaban J connectivity index is 1.70. The van der Waals surface area contributed by atoms with E-state index in [1.165, 1.54) is 37.4 Å². The molecule has 2 unspecified atom stereocenters. The van der Waals surface area contributed by atoms with Crippen molar-refractivity contribution in [2.45, 2.75) is 19.8 Å². The third kappa shape index (κ3) is 2.14. The Morgan fingerprint density at radius 3 is 2.00 bits per heavy atom. The minimum Gasteiger partial charge on any atom is -0.371 e. The van der Waals surface area contributed by atoms with E-state index in [0.717, 1.165) is 11.8 Å². The largest absolute Gasteiger partial charge is 0.371 e. The van der Waals surface area contributed by atoms with Crippen LogP contribution in [-0.4, -0.2) is 38.1 Å². The number of anilines is 1. The van der Waals surface area contributed by atoms with E-state index in [9.17, 15) is 0 Å². The highest BCUT2D eigenvalue weighted by molar-refractivity contribution is 5.49. The lowest BCUT2D eigenvalue weighted by Gasteiger charge is -2.22. The minimum atomic E-state index is 0.630. The fraction of sp³-hybridized carbons (Fsp3) is 0.625. The van der Waals surface area contributed by atoms with Gasteiger partial charge in [0, 0.05) is 31.9 Å². The van der Waals surface area contributed by atoms with E-state index in [-0.39, 0.29) is 0 Å². The lowest BCUT2D eigenvalue weighted by Crippen LogP contribution is -2.26. The Morgan fingerprint density at radius 1 is 0.944 bits per heavy atom. The van der Waals surface area contributed by atoms with Gasteiger partial charge in [0.25, 0.3) is 0 Å². The van der Waals surface area contributed by atoms with Gasteiger partial charge in [-0.2, -0.15) is 0 Å². The molecule has 3 rings (SSSR count). The number of nitrogens with zero attached hydrogens (tertiary/aromatic N) is 2. The normalized spacial score (nSPS) is 28.1. The van der Waals surface area contributed by atoms with Gasteiger partial charge in [0.2, 0.25) is 0 Å². The van der Waals surface area contributed by atoms with E-state index in [1.54, 1.807) is 0 Å². The second kappa shape index (κ2) is 4.58. The number of likely N-dealkylation sites (tertiary alicyclic amines) is 1. The van der Waals surface area contributed by atoms with E-state index < -0.39 is 0 Å². The molecule has 0 bridgehead atoms.